The Morgan fingerprint density at radius 2 is 1.58 bits per heavy atom. The van der Waals surface area contributed by atoms with Crippen LogP contribution < -0.4 is 10.0 Å². The average Bonchev–Trinajstić information content (AvgIpc) is 2.91. The summed E-state index contributed by atoms with van der Waals surface area (Å²) in [7, 11) is -2.83. The molecule has 2 N–H and O–H groups in total. The highest BCUT2D eigenvalue weighted by Gasteiger charge is 2.51. The fourth-order valence-corrected chi connectivity index (χ4v) is 5.96. The van der Waals surface area contributed by atoms with Crippen LogP contribution in [0.2, 0.25) is 5.02 Å². The number of esters is 1. The van der Waals surface area contributed by atoms with Crippen molar-refractivity contribution in [2.45, 2.75) is 23.4 Å². The van der Waals surface area contributed by atoms with Gasteiger partial charge in [-0.1, -0.05) is 93.8 Å². The van der Waals surface area contributed by atoms with E-state index in [9.17, 15) is 13.2 Å². The third-order valence-corrected chi connectivity index (χ3v) is 8.35. The number of ether oxygens (including phenoxy) is 1. The molecule has 0 heterocycles. The van der Waals surface area contributed by atoms with Gasteiger partial charge in [-0.15, -0.1) is 0 Å². The van der Waals surface area contributed by atoms with Crippen LogP contribution in [0.1, 0.15) is 22.7 Å². The van der Waals surface area contributed by atoms with Gasteiger partial charge in [-0.25, -0.2) is 17.9 Å². The molecule has 4 aromatic carbocycles. The van der Waals surface area contributed by atoms with Gasteiger partial charge in [-0.2, -0.15) is 0 Å². The third-order valence-electron chi connectivity index (χ3n) is 6.14. The molecule has 0 bridgehead atoms. The van der Waals surface area contributed by atoms with Crippen LogP contribution in [0.3, 0.4) is 0 Å². The van der Waals surface area contributed by atoms with Crippen LogP contribution in [0, 0.1) is 6.92 Å². The number of sulfonamides is 1. The molecule has 4 aromatic rings. The number of rotatable bonds is 9. The van der Waals surface area contributed by atoms with E-state index >= 15 is 0 Å². The first-order valence-corrected chi connectivity index (χ1v) is 14.3. The standard InChI is InChI=1S/C29H26BrClN2O4S/c1-20-11-17-26(18-12-20)38(35,36)33-27(21-13-15-23(30)16-14-21)29(28(34)37-2,22-7-4-3-5-8-22)32-25-10-6-9-24(31)19-25/h3-19,27,32-33H,1-2H3/t27-,29+/m0/s1. The van der Waals surface area contributed by atoms with Gasteiger partial charge >= 0.3 is 5.97 Å². The topological polar surface area (TPSA) is 84.5 Å². The molecule has 0 aromatic heterocycles. The summed E-state index contributed by atoms with van der Waals surface area (Å²) in [6.07, 6.45) is 0. The van der Waals surface area contributed by atoms with Gasteiger partial charge in [-0.05, 0) is 60.5 Å². The van der Waals surface area contributed by atoms with E-state index in [0.29, 0.717) is 21.8 Å². The maximum atomic E-state index is 13.9. The molecular formula is C29H26BrClN2O4S. The van der Waals surface area contributed by atoms with Crippen molar-refractivity contribution in [3.63, 3.8) is 0 Å². The van der Waals surface area contributed by atoms with Crippen molar-refractivity contribution < 1.29 is 17.9 Å². The molecule has 0 unspecified atom stereocenters. The molecular weight excluding hydrogens is 588 g/mol. The molecule has 9 heteroatoms. The number of hydrogen-bond acceptors (Lipinski definition) is 5. The van der Waals surface area contributed by atoms with E-state index < -0.39 is 27.6 Å². The van der Waals surface area contributed by atoms with Gasteiger partial charge in [0.1, 0.15) is 0 Å². The third kappa shape index (κ3) is 5.94. The second kappa shape index (κ2) is 11.7. The molecule has 0 radical (unpaired) electrons. The molecule has 0 saturated carbocycles. The van der Waals surface area contributed by atoms with Gasteiger partial charge in [0.15, 0.2) is 5.54 Å². The number of anilines is 1. The van der Waals surface area contributed by atoms with Crippen molar-refractivity contribution in [2.75, 3.05) is 12.4 Å². The number of hydrogen-bond donors (Lipinski definition) is 2. The number of nitrogens with one attached hydrogen (secondary N) is 2. The van der Waals surface area contributed by atoms with E-state index in [-0.39, 0.29) is 4.90 Å². The molecule has 0 saturated heterocycles. The largest absolute Gasteiger partial charge is 0.467 e. The van der Waals surface area contributed by atoms with Crippen molar-refractivity contribution in [1.82, 2.24) is 4.72 Å². The van der Waals surface area contributed by atoms with Gasteiger partial charge in [-0.3, -0.25) is 0 Å². The number of halogens is 2. The zero-order valence-electron chi connectivity index (χ0n) is 20.7. The van der Waals surface area contributed by atoms with E-state index in [0.717, 1.165) is 10.0 Å². The minimum absolute atomic E-state index is 0.0693. The second-order valence-corrected chi connectivity index (χ2v) is 11.8. The Hall–Kier alpha value is -3.17. The summed E-state index contributed by atoms with van der Waals surface area (Å²) < 4.78 is 36.5. The van der Waals surface area contributed by atoms with E-state index in [4.69, 9.17) is 16.3 Å². The molecule has 4 rings (SSSR count). The first-order chi connectivity index (χ1) is 18.2. The fraction of sp³-hybridized carbons (Fsp3) is 0.138. The first kappa shape index (κ1) is 27.9. The Morgan fingerprint density at radius 1 is 0.921 bits per heavy atom. The lowest BCUT2D eigenvalue weighted by molar-refractivity contribution is -0.147. The Morgan fingerprint density at radius 3 is 2.18 bits per heavy atom. The minimum Gasteiger partial charge on any atom is -0.467 e. The van der Waals surface area contributed by atoms with Crippen molar-refractivity contribution in [3.05, 3.63) is 129 Å². The van der Waals surface area contributed by atoms with E-state index in [2.05, 4.69) is 26.0 Å². The first-order valence-electron chi connectivity index (χ1n) is 11.7. The highest BCUT2D eigenvalue weighted by molar-refractivity contribution is 9.10. The fourth-order valence-electron chi connectivity index (χ4n) is 4.26. The normalized spacial score (nSPS) is 13.8. The summed E-state index contributed by atoms with van der Waals surface area (Å²) in [6, 6.07) is 28.2. The number of carbonyl (C=O) groups is 1. The zero-order valence-corrected chi connectivity index (χ0v) is 23.8. The summed E-state index contributed by atoms with van der Waals surface area (Å²) in [4.78, 5) is 14.0. The van der Waals surface area contributed by atoms with Gasteiger partial charge < -0.3 is 10.1 Å². The SMILES string of the molecule is COC(=O)[C@@](Nc1cccc(Cl)c1)(c1ccccc1)[C@@H](NS(=O)(=O)c1ccc(C)cc1)c1ccc(Br)cc1. The molecule has 0 aliphatic heterocycles. The Kier molecular flexibility index (Phi) is 8.57. The molecule has 38 heavy (non-hydrogen) atoms. The van der Waals surface area contributed by atoms with Crippen LogP contribution in [-0.2, 0) is 25.1 Å². The molecule has 0 amide bonds. The Balaban J connectivity index is 1.99. The van der Waals surface area contributed by atoms with Crippen LogP contribution in [0.25, 0.3) is 0 Å². The van der Waals surface area contributed by atoms with Crippen LogP contribution in [0.15, 0.2) is 112 Å². The Bertz CT molecular complexity index is 1510. The highest BCUT2D eigenvalue weighted by atomic mass is 79.9. The second-order valence-electron chi connectivity index (χ2n) is 8.72. The average molecular weight is 614 g/mol. The molecule has 0 aliphatic carbocycles. The van der Waals surface area contributed by atoms with Crippen molar-refractivity contribution in [1.29, 1.82) is 0 Å². The highest BCUT2D eigenvalue weighted by Crippen LogP contribution is 2.41. The lowest BCUT2D eigenvalue weighted by atomic mass is 9.79. The zero-order chi connectivity index (χ0) is 27.3. The molecule has 0 fully saturated rings. The van der Waals surface area contributed by atoms with Gasteiger partial charge in [0.05, 0.1) is 18.0 Å². The summed E-state index contributed by atoms with van der Waals surface area (Å²) in [5.41, 5.74) is 0.721. The number of aryl methyl sites for hydroxylation is 1. The monoisotopic (exact) mass is 612 g/mol. The lowest BCUT2D eigenvalue weighted by Gasteiger charge is -2.40. The number of carbonyl (C=O) groups excluding carboxylic acids is 1. The summed E-state index contributed by atoms with van der Waals surface area (Å²) in [6.45, 7) is 1.88. The summed E-state index contributed by atoms with van der Waals surface area (Å²) in [5.74, 6) is -0.691. The number of methoxy groups -OCH3 is 1. The smallest absolute Gasteiger partial charge is 0.338 e. The predicted molar refractivity (Wildman–Crippen MR) is 154 cm³/mol. The van der Waals surface area contributed by atoms with Gasteiger partial charge in [0.2, 0.25) is 10.0 Å². The summed E-state index contributed by atoms with van der Waals surface area (Å²) in [5, 5.41) is 3.75. The Labute approximate surface area is 236 Å². The van der Waals surface area contributed by atoms with Gasteiger partial charge in [0.25, 0.3) is 0 Å². The van der Waals surface area contributed by atoms with Crippen molar-refractivity contribution in [3.8, 4) is 0 Å². The molecule has 6 nitrogen and oxygen atoms in total. The molecule has 2 atom stereocenters. The molecule has 196 valence electrons. The van der Waals surface area contributed by atoms with Gasteiger partial charge in [0, 0.05) is 15.2 Å². The number of benzene rings is 4. The molecule has 0 spiro atoms. The van der Waals surface area contributed by atoms with E-state index in [1.54, 1.807) is 84.9 Å². The van der Waals surface area contributed by atoms with Crippen molar-refractivity contribution >= 4 is 49.2 Å². The summed E-state index contributed by atoms with van der Waals surface area (Å²) >= 11 is 9.71. The predicted octanol–water partition coefficient (Wildman–Crippen LogP) is 6.61. The quantitative estimate of drug-likeness (QED) is 0.208. The van der Waals surface area contributed by atoms with E-state index in [1.165, 1.54) is 19.2 Å². The molecule has 0 aliphatic rings. The van der Waals surface area contributed by atoms with Crippen LogP contribution in [-0.4, -0.2) is 21.5 Å². The van der Waals surface area contributed by atoms with Crippen LogP contribution in [0.4, 0.5) is 5.69 Å². The van der Waals surface area contributed by atoms with Crippen LogP contribution in [0.5, 0.6) is 0 Å². The minimum atomic E-state index is -4.10. The van der Waals surface area contributed by atoms with Crippen LogP contribution >= 0.6 is 27.5 Å². The van der Waals surface area contributed by atoms with E-state index in [1.807, 2.05) is 13.0 Å². The maximum absolute atomic E-state index is 13.9. The van der Waals surface area contributed by atoms with Crippen molar-refractivity contribution in [2.24, 2.45) is 0 Å². The maximum Gasteiger partial charge on any atom is 0.338 e. The lowest BCUT2D eigenvalue weighted by Crippen LogP contribution is -2.54.